The van der Waals surface area contributed by atoms with E-state index < -0.39 is 0 Å². The molecule has 1 fully saturated rings. The van der Waals surface area contributed by atoms with Crippen LogP contribution in [0.3, 0.4) is 0 Å². The number of aromatic nitrogens is 5. The van der Waals surface area contributed by atoms with Gasteiger partial charge in [-0.1, -0.05) is 0 Å². The minimum absolute atomic E-state index is 0.0248. The second-order valence-electron chi connectivity index (χ2n) is 7.28. The van der Waals surface area contributed by atoms with Crippen molar-refractivity contribution in [3.63, 3.8) is 0 Å². The summed E-state index contributed by atoms with van der Waals surface area (Å²) in [5.74, 6) is 1.30. The van der Waals surface area contributed by atoms with Crippen molar-refractivity contribution in [2.24, 2.45) is 7.05 Å². The molecule has 0 N–H and O–H groups in total. The number of piperidine rings is 1. The zero-order chi connectivity index (χ0) is 18.4. The van der Waals surface area contributed by atoms with Crippen LogP contribution in [-0.4, -0.2) is 48.0 Å². The van der Waals surface area contributed by atoms with Crippen molar-refractivity contribution in [2.45, 2.75) is 39.5 Å². The standard InChI is InChI=1S/C19H24N6O/c1-12-8-14(3)25-17(20-12)9-16(22-25)19(26)24-7-5-6-15(11-24)18-21-13(2)10-23(18)4/h8-10,15H,5-7,11H2,1-4H3. The molecule has 7 nitrogen and oxygen atoms in total. The lowest BCUT2D eigenvalue weighted by Gasteiger charge is -2.32. The predicted molar refractivity (Wildman–Crippen MR) is 98.3 cm³/mol. The number of rotatable bonds is 2. The van der Waals surface area contributed by atoms with Crippen LogP contribution in [0.1, 0.15) is 52.2 Å². The average Bonchev–Trinajstić information content (AvgIpc) is 3.17. The highest BCUT2D eigenvalue weighted by Gasteiger charge is 2.29. The highest BCUT2D eigenvalue weighted by molar-refractivity contribution is 5.93. The Hall–Kier alpha value is -2.70. The molecule has 1 unspecified atom stereocenters. The quantitative estimate of drug-likeness (QED) is 0.710. The first-order valence-corrected chi connectivity index (χ1v) is 9.05. The van der Waals surface area contributed by atoms with E-state index in [1.807, 2.05) is 45.0 Å². The molecule has 1 atom stereocenters. The van der Waals surface area contributed by atoms with Gasteiger partial charge in [-0.05, 0) is 39.7 Å². The third-order valence-corrected chi connectivity index (χ3v) is 5.06. The third kappa shape index (κ3) is 2.87. The Labute approximate surface area is 152 Å². The molecule has 1 aliphatic heterocycles. The Balaban J connectivity index is 1.60. The second kappa shape index (κ2) is 6.23. The van der Waals surface area contributed by atoms with Gasteiger partial charge in [0.25, 0.3) is 5.91 Å². The molecule has 26 heavy (non-hydrogen) atoms. The summed E-state index contributed by atoms with van der Waals surface area (Å²) < 4.78 is 3.82. The molecule has 0 radical (unpaired) electrons. The Morgan fingerprint density at radius 2 is 1.96 bits per heavy atom. The number of hydrogen-bond acceptors (Lipinski definition) is 4. The van der Waals surface area contributed by atoms with E-state index in [1.165, 1.54) is 0 Å². The van der Waals surface area contributed by atoms with Gasteiger partial charge < -0.3 is 9.47 Å². The Morgan fingerprint density at radius 1 is 1.15 bits per heavy atom. The molecule has 0 spiro atoms. The minimum Gasteiger partial charge on any atom is -0.337 e. The van der Waals surface area contributed by atoms with E-state index in [2.05, 4.69) is 19.6 Å². The van der Waals surface area contributed by atoms with Crippen LogP contribution in [0.15, 0.2) is 18.3 Å². The largest absolute Gasteiger partial charge is 0.337 e. The van der Waals surface area contributed by atoms with Gasteiger partial charge in [-0.25, -0.2) is 14.5 Å². The van der Waals surface area contributed by atoms with Crippen molar-refractivity contribution in [2.75, 3.05) is 13.1 Å². The average molecular weight is 352 g/mol. The molecule has 1 aliphatic rings. The summed E-state index contributed by atoms with van der Waals surface area (Å²) in [5, 5.41) is 4.49. The molecular formula is C19H24N6O. The summed E-state index contributed by atoms with van der Waals surface area (Å²) in [6.45, 7) is 7.37. The lowest BCUT2D eigenvalue weighted by atomic mass is 9.97. The van der Waals surface area contributed by atoms with E-state index in [0.717, 1.165) is 47.9 Å². The molecular weight excluding hydrogens is 328 g/mol. The molecule has 1 amide bonds. The highest BCUT2D eigenvalue weighted by atomic mass is 16.2. The van der Waals surface area contributed by atoms with Crippen molar-refractivity contribution in [1.29, 1.82) is 0 Å². The maximum atomic E-state index is 13.0. The molecule has 7 heteroatoms. The molecule has 1 saturated heterocycles. The van der Waals surface area contributed by atoms with Gasteiger partial charge in [0, 0.05) is 49.7 Å². The van der Waals surface area contributed by atoms with Crippen LogP contribution in [0.25, 0.3) is 5.65 Å². The van der Waals surface area contributed by atoms with Crippen molar-refractivity contribution >= 4 is 11.6 Å². The molecule has 136 valence electrons. The summed E-state index contributed by atoms with van der Waals surface area (Å²) in [4.78, 5) is 24.1. The number of fused-ring (bicyclic) bond motifs is 1. The van der Waals surface area contributed by atoms with Crippen molar-refractivity contribution in [1.82, 2.24) is 29.0 Å². The van der Waals surface area contributed by atoms with E-state index in [0.29, 0.717) is 12.2 Å². The lowest BCUT2D eigenvalue weighted by Crippen LogP contribution is -2.39. The van der Waals surface area contributed by atoms with E-state index in [1.54, 1.807) is 10.6 Å². The summed E-state index contributed by atoms with van der Waals surface area (Å²) in [5.41, 5.74) is 4.11. The number of carbonyl (C=O) groups excluding carboxylic acids is 1. The first-order valence-electron chi connectivity index (χ1n) is 9.05. The van der Waals surface area contributed by atoms with Crippen LogP contribution in [0.2, 0.25) is 0 Å². The topological polar surface area (TPSA) is 68.3 Å². The van der Waals surface area contributed by atoms with Gasteiger partial charge >= 0.3 is 0 Å². The van der Waals surface area contributed by atoms with Gasteiger partial charge in [0.05, 0.1) is 5.69 Å². The van der Waals surface area contributed by atoms with E-state index in [-0.39, 0.29) is 11.8 Å². The Kier molecular flexibility index (Phi) is 4.01. The lowest BCUT2D eigenvalue weighted by molar-refractivity contribution is 0.0697. The van der Waals surface area contributed by atoms with Crippen molar-refractivity contribution in [3.8, 4) is 0 Å². The number of nitrogens with zero attached hydrogens (tertiary/aromatic N) is 6. The van der Waals surface area contributed by atoms with Gasteiger partial charge in [0.2, 0.25) is 0 Å². The van der Waals surface area contributed by atoms with Crippen molar-refractivity contribution < 1.29 is 4.79 Å². The summed E-state index contributed by atoms with van der Waals surface area (Å²) >= 11 is 0. The van der Waals surface area contributed by atoms with Gasteiger partial charge in [-0.15, -0.1) is 0 Å². The van der Waals surface area contributed by atoms with Gasteiger partial charge in [0.1, 0.15) is 5.82 Å². The summed E-state index contributed by atoms with van der Waals surface area (Å²) in [6, 6.07) is 3.76. The fraction of sp³-hybridized carbons (Fsp3) is 0.474. The van der Waals surface area contributed by atoms with Gasteiger partial charge in [0.15, 0.2) is 11.3 Å². The van der Waals surface area contributed by atoms with E-state index in [4.69, 9.17) is 0 Å². The van der Waals surface area contributed by atoms with E-state index in [9.17, 15) is 4.79 Å². The van der Waals surface area contributed by atoms with Crippen LogP contribution in [0.4, 0.5) is 0 Å². The fourth-order valence-corrected chi connectivity index (χ4v) is 3.94. The van der Waals surface area contributed by atoms with Crippen LogP contribution < -0.4 is 0 Å². The molecule has 3 aromatic heterocycles. The number of imidazole rings is 1. The van der Waals surface area contributed by atoms with E-state index >= 15 is 0 Å². The number of carbonyl (C=O) groups is 1. The van der Waals surface area contributed by atoms with Crippen LogP contribution >= 0.6 is 0 Å². The fourth-order valence-electron chi connectivity index (χ4n) is 3.94. The Morgan fingerprint density at radius 3 is 2.69 bits per heavy atom. The van der Waals surface area contributed by atoms with Crippen LogP contribution in [0, 0.1) is 20.8 Å². The number of hydrogen-bond donors (Lipinski definition) is 0. The van der Waals surface area contributed by atoms with Crippen molar-refractivity contribution in [3.05, 3.63) is 46.9 Å². The predicted octanol–water partition coefficient (Wildman–Crippen LogP) is 2.41. The zero-order valence-corrected chi connectivity index (χ0v) is 15.7. The highest BCUT2D eigenvalue weighted by Crippen LogP contribution is 2.27. The summed E-state index contributed by atoms with van der Waals surface area (Å²) in [7, 11) is 2.02. The monoisotopic (exact) mass is 352 g/mol. The second-order valence-corrected chi connectivity index (χ2v) is 7.28. The number of aryl methyl sites for hydroxylation is 4. The molecule has 4 heterocycles. The summed E-state index contributed by atoms with van der Waals surface area (Å²) in [6.07, 6.45) is 4.07. The zero-order valence-electron chi connectivity index (χ0n) is 15.7. The van der Waals surface area contributed by atoms with Gasteiger partial charge in [-0.3, -0.25) is 4.79 Å². The normalized spacial score (nSPS) is 17.8. The van der Waals surface area contributed by atoms with Crippen LogP contribution in [0.5, 0.6) is 0 Å². The first kappa shape index (κ1) is 16.8. The third-order valence-electron chi connectivity index (χ3n) is 5.06. The SMILES string of the molecule is Cc1cn(C)c(C2CCCN(C(=O)c3cc4nc(C)cc(C)n4n3)C2)n1. The smallest absolute Gasteiger partial charge is 0.274 e. The van der Waals surface area contributed by atoms with Gasteiger partial charge in [-0.2, -0.15) is 5.10 Å². The maximum absolute atomic E-state index is 13.0. The maximum Gasteiger partial charge on any atom is 0.274 e. The molecule has 4 rings (SSSR count). The number of amides is 1. The Bertz CT molecular complexity index is 985. The molecule has 0 saturated carbocycles. The first-order chi connectivity index (χ1) is 12.4. The minimum atomic E-state index is -0.0248. The molecule has 3 aromatic rings. The molecule has 0 bridgehead atoms. The molecule has 0 aromatic carbocycles. The molecule has 0 aliphatic carbocycles. The number of likely N-dealkylation sites (tertiary alicyclic amines) is 1. The van der Waals surface area contributed by atoms with Crippen LogP contribution in [-0.2, 0) is 7.05 Å².